The SMILES string of the molecule is Cc1nc(C(C)C)[nH]c(=O)c1C(=O)N(CC(=O)O)C(C)C. The molecule has 1 heterocycles. The second kappa shape index (κ2) is 6.51. The van der Waals surface area contributed by atoms with Crippen LogP contribution < -0.4 is 5.56 Å². The summed E-state index contributed by atoms with van der Waals surface area (Å²) in [4.78, 5) is 43.4. The number of aliphatic carboxylic acids is 1. The molecule has 0 atom stereocenters. The third-order valence-corrected chi connectivity index (χ3v) is 3.07. The molecule has 0 aliphatic carbocycles. The van der Waals surface area contributed by atoms with E-state index in [1.54, 1.807) is 20.8 Å². The van der Waals surface area contributed by atoms with E-state index >= 15 is 0 Å². The summed E-state index contributed by atoms with van der Waals surface area (Å²) in [6.45, 7) is 8.27. The Morgan fingerprint density at radius 1 is 1.29 bits per heavy atom. The number of carboxylic acid groups (broad SMARTS) is 1. The van der Waals surface area contributed by atoms with Crippen LogP contribution in [0.4, 0.5) is 0 Å². The maximum absolute atomic E-state index is 12.4. The second-order valence-corrected chi connectivity index (χ2v) is 5.49. The molecule has 0 aliphatic heterocycles. The Hall–Kier alpha value is -2.18. The zero-order valence-electron chi connectivity index (χ0n) is 12.9. The molecule has 0 spiro atoms. The third-order valence-electron chi connectivity index (χ3n) is 3.07. The Balaban J connectivity index is 3.29. The van der Waals surface area contributed by atoms with Crippen LogP contribution in [0.5, 0.6) is 0 Å². The van der Waals surface area contributed by atoms with E-state index in [9.17, 15) is 14.4 Å². The van der Waals surface area contributed by atoms with Gasteiger partial charge in [-0.15, -0.1) is 0 Å². The van der Waals surface area contributed by atoms with Gasteiger partial charge in [0.2, 0.25) is 0 Å². The van der Waals surface area contributed by atoms with Crippen molar-refractivity contribution in [2.45, 2.75) is 46.6 Å². The van der Waals surface area contributed by atoms with E-state index in [0.717, 1.165) is 4.90 Å². The fourth-order valence-corrected chi connectivity index (χ4v) is 1.91. The number of nitrogens with one attached hydrogen (secondary N) is 1. The molecule has 1 rings (SSSR count). The first kappa shape index (κ1) is 16.9. The van der Waals surface area contributed by atoms with Gasteiger partial charge in [-0.2, -0.15) is 0 Å². The number of hydrogen-bond acceptors (Lipinski definition) is 4. The Labute approximate surface area is 123 Å². The summed E-state index contributed by atoms with van der Waals surface area (Å²) in [5.41, 5.74) is -0.329. The zero-order valence-corrected chi connectivity index (χ0v) is 12.9. The fraction of sp³-hybridized carbons (Fsp3) is 0.571. The standard InChI is InChI=1S/C14H21N3O4/c1-7(2)12-15-9(5)11(13(20)16-12)14(21)17(8(3)4)6-10(18)19/h7-8H,6H2,1-5H3,(H,18,19)(H,15,16,20). The van der Waals surface area contributed by atoms with E-state index in [1.807, 2.05) is 13.8 Å². The van der Waals surface area contributed by atoms with Crippen LogP contribution in [0.25, 0.3) is 0 Å². The Morgan fingerprint density at radius 2 is 1.86 bits per heavy atom. The number of carbonyl (C=O) groups is 2. The highest BCUT2D eigenvalue weighted by Gasteiger charge is 2.26. The van der Waals surface area contributed by atoms with Gasteiger partial charge in [-0.3, -0.25) is 14.4 Å². The first-order valence-corrected chi connectivity index (χ1v) is 6.78. The summed E-state index contributed by atoms with van der Waals surface area (Å²) < 4.78 is 0. The van der Waals surface area contributed by atoms with Crippen LogP contribution in [-0.4, -0.2) is 44.4 Å². The number of aryl methyl sites for hydroxylation is 1. The molecule has 0 saturated heterocycles. The predicted octanol–water partition coefficient (Wildman–Crippen LogP) is 1.14. The second-order valence-electron chi connectivity index (χ2n) is 5.49. The molecule has 0 radical (unpaired) electrons. The van der Waals surface area contributed by atoms with Crippen LogP contribution in [0.2, 0.25) is 0 Å². The fourth-order valence-electron chi connectivity index (χ4n) is 1.91. The largest absolute Gasteiger partial charge is 0.480 e. The van der Waals surface area contributed by atoms with Crippen molar-refractivity contribution >= 4 is 11.9 Å². The monoisotopic (exact) mass is 295 g/mol. The average Bonchev–Trinajstić information content (AvgIpc) is 2.34. The molecular formula is C14H21N3O4. The molecule has 1 aromatic rings. The van der Waals surface area contributed by atoms with Gasteiger partial charge in [-0.1, -0.05) is 13.8 Å². The number of aromatic nitrogens is 2. The van der Waals surface area contributed by atoms with Crippen molar-refractivity contribution in [1.82, 2.24) is 14.9 Å². The lowest BCUT2D eigenvalue weighted by atomic mass is 10.1. The molecule has 2 N–H and O–H groups in total. The van der Waals surface area contributed by atoms with Crippen molar-refractivity contribution in [3.8, 4) is 0 Å². The van der Waals surface area contributed by atoms with Gasteiger partial charge in [-0.05, 0) is 20.8 Å². The van der Waals surface area contributed by atoms with Crippen LogP contribution in [0, 0.1) is 6.92 Å². The summed E-state index contributed by atoms with van der Waals surface area (Å²) in [5.74, 6) is -1.21. The van der Waals surface area contributed by atoms with Crippen molar-refractivity contribution in [3.05, 3.63) is 27.4 Å². The molecule has 1 amide bonds. The van der Waals surface area contributed by atoms with Gasteiger partial charge >= 0.3 is 5.97 Å². The summed E-state index contributed by atoms with van der Waals surface area (Å²) in [6, 6.07) is -0.336. The molecule has 7 heteroatoms. The van der Waals surface area contributed by atoms with E-state index in [1.165, 1.54) is 0 Å². The highest BCUT2D eigenvalue weighted by atomic mass is 16.4. The van der Waals surface area contributed by atoms with Gasteiger partial charge < -0.3 is 15.0 Å². The Morgan fingerprint density at radius 3 is 2.24 bits per heavy atom. The van der Waals surface area contributed by atoms with Gasteiger partial charge in [0, 0.05) is 12.0 Å². The topological polar surface area (TPSA) is 103 Å². The normalized spacial score (nSPS) is 11.0. The molecule has 1 aromatic heterocycles. The van der Waals surface area contributed by atoms with Gasteiger partial charge in [-0.25, -0.2) is 4.98 Å². The quantitative estimate of drug-likeness (QED) is 0.847. The smallest absolute Gasteiger partial charge is 0.323 e. The number of carbonyl (C=O) groups excluding carboxylic acids is 1. The molecule has 7 nitrogen and oxygen atoms in total. The molecule has 21 heavy (non-hydrogen) atoms. The maximum Gasteiger partial charge on any atom is 0.323 e. The van der Waals surface area contributed by atoms with E-state index < -0.39 is 24.0 Å². The molecule has 0 saturated carbocycles. The summed E-state index contributed by atoms with van der Waals surface area (Å²) >= 11 is 0. The Bertz CT molecular complexity index is 605. The van der Waals surface area contributed by atoms with Gasteiger partial charge in [0.05, 0.1) is 5.69 Å². The lowest BCUT2D eigenvalue weighted by molar-refractivity contribution is -0.138. The Kier molecular flexibility index (Phi) is 5.23. The van der Waals surface area contributed by atoms with Crippen LogP contribution >= 0.6 is 0 Å². The number of H-pyrrole nitrogens is 1. The van der Waals surface area contributed by atoms with E-state index in [2.05, 4.69) is 9.97 Å². The van der Waals surface area contributed by atoms with Gasteiger partial charge in [0.1, 0.15) is 17.9 Å². The zero-order chi connectivity index (χ0) is 16.3. The number of carboxylic acids is 1. The van der Waals surface area contributed by atoms with Crippen molar-refractivity contribution in [1.29, 1.82) is 0 Å². The molecule has 0 fully saturated rings. The van der Waals surface area contributed by atoms with Crippen molar-refractivity contribution < 1.29 is 14.7 Å². The highest BCUT2D eigenvalue weighted by molar-refractivity contribution is 5.96. The van der Waals surface area contributed by atoms with Gasteiger partial charge in [0.25, 0.3) is 11.5 Å². The van der Waals surface area contributed by atoms with Crippen molar-refractivity contribution in [3.63, 3.8) is 0 Å². The molecular weight excluding hydrogens is 274 g/mol. The van der Waals surface area contributed by atoms with Crippen molar-refractivity contribution in [2.75, 3.05) is 6.54 Å². The minimum atomic E-state index is -1.13. The van der Waals surface area contributed by atoms with Crippen LogP contribution in [0.1, 0.15) is 55.5 Å². The van der Waals surface area contributed by atoms with Crippen LogP contribution in [0.15, 0.2) is 4.79 Å². The number of amides is 1. The minimum Gasteiger partial charge on any atom is -0.480 e. The summed E-state index contributed by atoms with van der Waals surface area (Å²) in [7, 11) is 0. The lowest BCUT2D eigenvalue weighted by Gasteiger charge is -2.25. The van der Waals surface area contributed by atoms with Crippen molar-refractivity contribution in [2.24, 2.45) is 0 Å². The summed E-state index contributed by atoms with van der Waals surface area (Å²) in [5, 5.41) is 8.89. The van der Waals surface area contributed by atoms with Gasteiger partial charge in [0.15, 0.2) is 0 Å². The highest BCUT2D eigenvalue weighted by Crippen LogP contribution is 2.11. The van der Waals surface area contributed by atoms with E-state index in [-0.39, 0.29) is 17.5 Å². The number of rotatable bonds is 5. The molecule has 0 bridgehead atoms. The molecule has 0 aromatic carbocycles. The first-order chi connectivity index (χ1) is 9.65. The third kappa shape index (κ3) is 3.90. The number of aromatic amines is 1. The van der Waals surface area contributed by atoms with Crippen LogP contribution in [0.3, 0.4) is 0 Å². The summed E-state index contributed by atoms with van der Waals surface area (Å²) in [6.07, 6.45) is 0. The van der Waals surface area contributed by atoms with Crippen LogP contribution in [-0.2, 0) is 4.79 Å². The predicted molar refractivity (Wildman–Crippen MR) is 77.5 cm³/mol. The first-order valence-electron chi connectivity index (χ1n) is 6.78. The molecule has 0 unspecified atom stereocenters. The average molecular weight is 295 g/mol. The maximum atomic E-state index is 12.4. The number of nitrogens with zero attached hydrogens (tertiary/aromatic N) is 2. The number of hydrogen-bond donors (Lipinski definition) is 2. The molecule has 116 valence electrons. The van der Waals surface area contributed by atoms with E-state index in [0.29, 0.717) is 11.5 Å². The van der Waals surface area contributed by atoms with E-state index in [4.69, 9.17) is 5.11 Å². The lowest BCUT2D eigenvalue weighted by Crippen LogP contribution is -2.43. The minimum absolute atomic E-state index is 0.0285. The molecule has 0 aliphatic rings.